The SMILES string of the molecule is Cc1ccc(CC(C(=O)N2CC3(CN(C(=O)OC(C)(C)C)C3)C2)n2c(=N)n(C(C)c3ccc(C)cc3)c3ccccc32)cc1. The van der Waals surface area contributed by atoms with Crippen molar-refractivity contribution in [2.75, 3.05) is 26.2 Å². The Morgan fingerprint density at radius 3 is 1.91 bits per heavy atom. The highest BCUT2D eigenvalue weighted by Gasteiger charge is 2.56. The van der Waals surface area contributed by atoms with Crippen molar-refractivity contribution >= 4 is 23.0 Å². The number of imidazole rings is 1. The Hall–Kier alpha value is -4.33. The number of carbonyl (C=O) groups is 2. The minimum absolute atomic E-state index is 0.0105. The number of carbonyl (C=O) groups excluding carboxylic acids is 2. The van der Waals surface area contributed by atoms with Crippen molar-refractivity contribution in [1.82, 2.24) is 18.9 Å². The number of para-hydroxylation sites is 2. The minimum atomic E-state index is -0.582. The number of nitrogens with one attached hydrogen (secondary N) is 1. The Kier molecular flexibility index (Phi) is 7.42. The summed E-state index contributed by atoms with van der Waals surface area (Å²) in [5.41, 5.74) is 6.02. The smallest absolute Gasteiger partial charge is 0.410 e. The monoisotopic (exact) mass is 593 g/mol. The first-order valence-corrected chi connectivity index (χ1v) is 15.5. The van der Waals surface area contributed by atoms with Gasteiger partial charge in [-0.3, -0.25) is 14.8 Å². The van der Waals surface area contributed by atoms with Gasteiger partial charge in [0.05, 0.1) is 17.1 Å². The Labute approximate surface area is 259 Å². The number of aryl methyl sites for hydroxylation is 2. The minimum Gasteiger partial charge on any atom is -0.444 e. The van der Waals surface area contributed by atoms with E-state index in [2.05, 4.69) is 69.3 Å². The molecule has 4 aromatic rings. The van der Waals surface area contributed by atoms with Crippen molar-refractivity contribution in [2.24, 2.45) is 5.41 Å². The van der Waals surface area contributed by atoms with Crippen LogP contribution in [0.2, 0.25) is 0 Å². The number of fused-ring (bicyclic) bond motifs is 1. The van der Waals surface area contributed by atoms with Crippen LogP contribution in [0.4, 0.5) is 4.79 Å². The first-order valence-electron chi connectivity index (χ1n) is 15.5. The molecule has 1 spiro atoms. The molecule has 3 heterocycles. The highest BCUT2D eigenvalue weighted by Crippen LogP contribution is 2.41. The molecule has 0 aliphatic carbocycles. The zero-order valence-electron chi connectivity index (χ0n) is 26.6. The first kappa shape index (κ1) is 29.7. The van der Waals surface area contributed by atoms with E-state index in [0.717, 1.165) is 27.7 Å². The van der Waals surface area contributed by atoms with E-state index < -0.39 is 11.6 Å². The number of nitrogens with zero attached hydrogens (tertiary/aromatic N) is 4. The maximum atomic E-state index is 14.4. The molecule has 2 amide bonds. The van der Waals surface area contributed by atoms with E-state index in [1.165, 1.54) is 5.56 Å². The van der Waals surface area contributed by atoms with Gasteiger partial charge in [0.25, 0.3) is 0 Å². The van der Waals surface area contributed by atoms with Crippen LogP contribution in [0.3, 0.4) is 0 Å². The molecule has 3 aromatic carbocycles. The molecule has 2 saturated heterocycles. The van der Waals surface area contributed by atoms with Gasteiger partial charge in [0.1, 0.15) is 11.6 Å². The molecule has 1 aromatic heterocycles. The van der Waals surface area contributed by atoms with E-state index in [1.54, 1.807) is 4.90 Å². The predicted octanol–water partition coefficient (Wildman–Crippen LogP) is 6.01. The topological polar surface area (TPSA) is 83.6 Å². The lowest BCUT2D eigenvalue weighted by Gasteiger charge is -2.60. The molecule has 1 N–H and O–H groups in total. The summed E-state index contributed by atoms with van der Waals surface area (Å²) in [6.07, 6.45) is 0.186. The van der Waals surface area contributed by atoms with Gasteiger partial charge >= 0.3 is 6.09 Å². The van der Waals surface area contributed by atoms with Crippen molar-refractivity contribution in [3.63, 3.8) is 0 Å². The zero-order valence-corrected chi connectivity index (χ0v) is 26.6. The van der Waals surface area contributed by atoms with Crippen molar-refractivity contribution in [2.45, 2.75) is 65.6 Å². The highest BCUT2D eigenvalue weighted by molar-refractivity contribution is 5.85. The summed E-state index contributed by atoms with van der Waals surface area (Å²) in [6.45, 7) is 14.2. The van der Waals surface area contributed by atoms with Crippen LogP contribution in [0.1, 0.15) is 62.0 Å². The molecule has 2 aliphatic heterocycles. The van der Waals surface area contributed by atoms with Crippen LogP contribution >= 0.6 is 0 Å². The Bertz CT molecular complexity index is 1750. The van der Waals surface area contributed by atoms with Crippen molar-refractivity contribution < 1.29 is 14.3 Å². The Morgan fingerprint density at radius 2 is 1.34 bits per heavy atom. The van der Waals surface area contributed by atoms with E-state index in [0.29, 0.717) is 38.2 Å². The van der Waals surface area contributed by atoms with Gasteiger partial charge in [-0.05, 0) is 64.8 Å². The standard InChI is InChI=1S/C36H43N5O3/c1-24-11-15-27(16-12-24)19-31(32(42)38-20-36(21-38)22-39(23-36)34(43)44-35(4,5)6)41-30-10-8-7-9-29(30)40(33(41)37)26(3)28-17-13-25(2)14-18-28/h7-18,26,31,37H,19-23H2,1-6H3. The van der Waals surface area contributed by atoms with Crippen LogP contribution in [-0.2, 0) is 16.0 Å². The number of aromatic nitrogens is 2. The lowest BCUT2D eigenvalue weighted by Crippen LogP contribution is -2.74. The van der Waals surface area contributed by atoms with Gasteiger partial charge in [0, 0.05) is 38.0 Å². The molecule has 0 saturated carbocycles. The normalized spacial score (nSPS) is 17.2. The number of likely N-dealkylation sites (tertiary alicyclic amines) is 2. The van der Waals surface area contributed by atoms with Crippen molar-refractivity contribution in [3.8, 4) is 0 Å². The second-order valence-electron chi connectivity index (χ2n) is 13.9. The maximum Gasteiger partial charge on any atom is 0.410 e. The van der Waals surface area contributed by atoms with Crippen LogP contribution in [0, 0.1) is 24.7 Å². The van der Waals surface area contributed by atoms with E-state index in [9.17, 15) is 15.0 Å². The number of hydrogen-bond acceptors (Lipinski definition) is 4. The molecule has 2 atom stereocenters. The van der Waals surface area contributed by atoms with Crippen LogP contribution in [-0.4, -0.2) is 62.7 Å². The molecular formula is C36H43N5O3. The summed E-state index contributed by atoms with van der Waals surface area (Å²) in [6, 6.07) is 24.1. The first-order chi connectivity index (χ1) is 20.8. The van der Waals surface area contributed by atoms with E-state index in [4.69, 9.17) is 4.74 Å². The molecule has 8 nitrogen and oxygen atoms in total. The van der Waals surface area contributed by atoms with Gasteiger partial charge in [-0.25, -0.2) is 4.79 Å². The quantitative estimate of drug-likeness (QED) is 0.297. The molecule has 2 aliphatic rings. The number of hydrogen-bond donors (Lipinski definition) is 1. The maximum absolute atomic E-state index is 14.4. The number of benzene rings is 3. The van der Waals surface area contributed by atoms with Crippen LogP contribution in [0.15, 0.2) is 72.8 Å². The molecular weight excluding hydrogens is 550 g/mol. The molecule has 230 valence electrons. The third-order valence-corrected chi connectivity index (χ3v) is 9.02. The van der Waals surface area contributed by atoms with Crippen LogP contribution < -0.4 is 5.62 Å². The third-order valence-electron chi connectivity index (χ3n) is 9.02. The van der Waals surface area contributed by atoms with Crippen molar-refractivity contribution in [3.05, 3.63) is 101 Å². The summed E-state index contributed by atoms with van der Waals surface area (Å²) in [4.78, 5) is 30.6. The largest absolute Gasteiger partial charge is 0.444 e. The molecule has 0 bridgehead atoms. The van der Waals surface area contributed by atoms with Gasteiger partial charge in [0.2, 0.25) is 11.5 Å². The van der Waals surface area contributed by atoms with Crippen molar-refractivity contribution in [1.29, 1.82) is 5.41 Å². The average Bonchev–Trinajstić information content (AvgIpc) is 3.21. The molecule has 8 heteroatoms. The van der Waals surface area contributed by atoms with Crippen LogP contribution in [0.5, 0.6) is 0 Å². The zero-order chi connectivity index (χ0) is 31.4. The third kappa shape index (κ3) is 5.53. The van der Waals surface area contributed by atoms with Gasteiger partial charge in [-0.15, -0.1) is 0 Å². The second-order valence-corrected chi connectivity index (χ2v) is 13.9. The van der Waals surface area contributed by atoms with E-state index in [1.807, 2.05) is 59.1 Å². The summed E-state index contributed by atoms with van der Waals surface area (Å²) in [5, 5.41) is 9.50. The average molecular weight is 594 g/mol. The summed E-state index contributed by atoms with van der Waals surface area (Å²) >= 11 is 0. The Morgan fingerprint density at radius 1 is 0.818 bits per heavy atom. The molecule has 2 fully saturated rings. The summed E-state index contributed by atoms with van der Waals surface area (Å²) in [5.74, 6) is 0.0105. The molecule has 6 rings (SSSR count). The Balaban J connectivity index is 1.32. The fourth-order valence-corrected chi connectivity index (χ4v) is 6.70. The highest BCUT2D eigenvalue weighted by atomic mass is 16.6. The number of rotatable bonds is 6. The second kappa shape index (κ2) is 11.0. The lowest BCUT2D eigenvalue weighted by atomic mass is 9.72. The summed E-state index contributed by atoms with van der Waals surface area (Å²) < 4.78 is 9.51. The molecule has 44 heavy (non-hydrogen) atoms. The van der Waals surface area contributed by atoms with E-state index >= 15 is 0 Å². The summed E-state index contributed by atoms with van der Waals surface area (Å²) in [7, 11) is 0. The number of amides is 2. The lowest BCUT2D eigenvalue weighted by molar-refractivity contribution is -0.160. The van der Waals surface area contributed by atoms with Crippen LogP contribution in [0.25, 0.3) is 11.0 Å². The van der Waals surface area contributed by atoms with Gasteiger partial charge < -0.3 is 19.1 Å². The molecule has 2 unspecified atom stereocenters. The molecule has 0 radical (unpaired) electrons. The fourth-order valence-electron chi connectivity index (χ4n) is 6.70. The van der Waals surface area contributed by atoms with Gasteiger partial charge in [-0.1, -0.05) is 71.8 Å². The van der Waals surface area contributed by atoms with Gasteiger partial charge in [0.15, 0.2) is 0 Å². The number of ether oxygens (including phenoxy) is 1. The van der Waals surface area contributed by atoms with Gasteiger partial charge in [-0.2, -0.15) is 0 Å². The predicted molar refractivity (Wildman–Crippen MR) is 172 cm³/mol. The fraction of sp³-hybridized carbons (Fsp3) is 0.417. The van der Waals surface area contributed by atoms with E-state index in [-0.39, 0.29) is 23.5 Å².